The Hall–Kier alpha value is -2.91. The van der Waals surface area contributed by atoms with Gasteiger partial charge in [-0.05, 0) is 42.5 Å². The number of nitrogens with one attached hydrogen (secondary N) is 1. The summed E-state index contributed by atoms with van der Waals surface area (Å²) in [5, 5.41) is 22.5. The molecule has 0 heterocycles. The number of carboxylic acid groups (broad SMARTS) is 1. The van der Waals surface area contributed by atoms with Crippen LogP contribution in [-0.2, 0) is 19.7 Å². The molecular weight excluding hydrogens is 374 g/mol. The maximum atomic E-state index is 12.5. The summed E-state index contributed by atoms with van der Waals surface area (Å²) in [6.07, 6.45) is 4.08. The predicted octanol–water partition coefficient (Wildman–Crippen LogP) is 2.40. The number of phenols is 1. The monoisotopic (exact) mass is 391 g/mol. The van der Waals surface area contributed by atoms with Crippen molar-refractivity contribution in [2.75, 3.05) is 5.32 Å². The van der Waals surface area contributed by atoms with Crippen LogP contribution in [0.25, 0.3) is 10.8 Å². The van der Waals surface area contributed by atoms with E-state index < -0.39 is 38.7 Å². The zero-order valence-corrected chi connectivity index (χ0v) is 14.8. The number of aliphatic carboxylic acids is 1. The first-order valence-corrected chi connectivity index (χ1v) is 9.54. The lowest BCUT2D eigenvalue weighted by Crippen LogP contribution is -2.34. The molecule has 1 aliphatic carbocycles. The van der Waals surface area contributed by atoms with Gasteiger partial charge in [-0.15, -0.1) is 0 Å². The number of fused-ring (bicyclic) bond motifs is 1. The van der Waals surface area contributed by atoms with E-state index in [1.165, 1.54) is 24.3 Å². The molecule has 3 rings (SSSR count). The number of benzene rings is 2. The van der Waals surface area contributed by atoms with Crippen LogP contribution in [0.2, 0.25) is 0 Å². The second-order valence-electron chi connectivity index (χ2n) is 6.34. The van der Waals surface area contributed by atoms with Gasteiger partial charge in [0.2, 0.25) is 5.91 Å². The van der Waals surface area contributed by atoms with Gasteiger partial charge < -0.3 is 15.5 Å². The SMILES string of the molecule is O=C(O)[C@H]1CC=CC[C@H]1C(=O)Nc1ccc2c(O)cc(S(=O)(=O)O)cc2c1. The van der Waals surface area contributed by atoms with Crippen molar-refractivity contribution in [3.63, 3.8) is 0 Å². The molecule has 1 aliphatic rings. The molecular formula is C18H17NO7S. The van der Waals surface area contributed by atoms with Crippen LogP contribution in [0.15, 0.2) is 47.4 Å². The minimum absolute atomic E-state index is 0.275. The van der Waals surface area contributed by atoms with Gasteiger partial charge in [-0.1, -0.05) is 12.2 Å². The third kappa shape index (κ3) is 3.93. The van der Waals surface area contributed by atoms with Crippen molar-refractivity contribution in [2.24, 2.45) is 11.8 Å². The summed E-state index contributed by atoms with van der Waals surface area (Å²) in [6.45, 7) is 0. The first-order valence-electron chi connectivity index (χ1n) is 8.10. The van der Waals surface area contributed by atoms with E-state index in [0.29, 0.717) is 22.9 Å². The minimum atomic E-state index is -4.51. The number of carbonyl (C=O) groups excluding carboxylic acids is 1. The standard InChI is InChI=1S/C18H17NO7S/c20-16-9-12(27(24,25)26)8-10-7-11(5-6-13(10)16)19-17(21)14-3-1-2-4-15(14)18(22)23/h1-2,5-9,14-15,20H,3-4H2,(H,19,21)(H,22,23)(H,24,25,26)/t14-,15+/m1/s1. The van der Waals surface area contributed by atoms with Crippen LogP contribution in [0.3, 0.4) is 0 Å². The zero-order chi connectivity index (χ0) is 19.8. The Balaban J connectivity index is 1.92. The molecule has 0 spiro atoms. The van der Waals surface area contributed by atoms with Crippen molar-refractivity contribution in [3.8, 4) is 5.75 Å². The molecule has 2 aromatic rings. The number of aromatic hydroxyl groups is 1. The van der Waals surface area contributed by atoms with Crippen molar-refractivity contribution in [3.05, 3.63) is 42.5 Å². The van der Waals surface area contributed by atoms with Crippen molar-refractivity contribution in [1.29, 1.82) is 0 Å². The largest absolute Gasteiger partial charge is 0.507 e. The third-order valence-corrected chi connectivity index (χ3v) is 5.39. The van der Waals surface area contributed by atoms with E-state index in [0.717, 1.165) is 6.07 Å². The number of anilines is 1. The fourth-order valence-corrected chi connectivity index (χ4v) is 3.70. The number of amides is 1. The quantitative estimate of drug-likeness (QED) is 0.463. The summed E-state index contributed by atoms with van der Waals surface area (Å²) in [4.78, 5) is 23.4. The minimum Gasteiger partial charge on any atom is -0.507 e. The molecule has 142 valence electrons. The van der Waals surface area contributed by atoms with Gasteiger partial charge in [0.1, 0.15) is 5.75 Å². The smallest absolute Gasteiger partial charge is 0.307 e. The van der Waals surface area contributed by atoms with Crippen LogP contribution in [0, 0.1) is 11.8 Å². The topological polar surface area (TPSA) is 141 Å². The van der Waals surface area contributed by atoms with Crippen LogP contribution >= 0.6 is 0 Å². The lowest BCUT2D eigenvalue weighted by molar-refractivity contribution is -0.146. The Kier molecular flexibility index (Phi) is 4.90. The summed E-state index contributed by atoms with van der Waals surface area (Å²) in [5.41, 5.74) is 0.318. The number of carbonyl (C=O) groups is 2. The average molecular weight is 391 g/mol. The third-order valence-electron chi connectivity index (χ3n) is 4.56. The zero-order valence-electron chi connectivity index (χ0n) is 14.0. The number of phenolic OH excluding ortho intramolecular Hbond substituents is 1. The maximum absolute atomic E-state index is 12.5. The highest BCUT2D eigenvalue weighted by Gasteiger charge is 2.34. The van der Waals surface area contributed by atoms with Gasteiger partial charge in [0, 0.05) is 17.1 Å². The van der Waals surface area contributed by atoms with E-state index in [2.05, 4.69) is 5.32 Å². The Morgan fingerprint density at radius 1 is 1.04 bits per heavy atom. The predicted molar refractivity (Wildman–Crippen MR) is 97.0 cm³/mol. The second kappa shape index (κ2) is 7.01. The Morgan fingerprint density at radius 3 is 2.33 bits per heavy atom. The summed E-state index contributed by atoms with van der Waals surface area (Å²) >= 11 is 0. The molecule has 0 radical (unpaired) electrons. The van der Waals surface area contributed by atoms with Gasteiger partial charge in [-0.25, -0.2) is 0 Å². The average Bonchev–Trinajstić information content (AvgIpc) is 2.60. The lowest BCUT2D eigenvalue weighted by Gasteiger charge is -2.24. The fourth-order valence-electron chi connectivity index (χ4n) is 3.16. The Labute approximate surface area is 154 Å². The molecule has 0 saturated carbocycles. The summed E-state index contributed by atoms with van der Waals surface area (Å²) in [5.74, 6) is -3.37. The molecule has 27 heavy (non-hydrogen) atoms. The van der Waals surface area contributed by atoms with Gasteiger partial charge >= 0.3 is 5.97 Å². The van der Waals surface area contributed by atoms with Crippen LogP contribution in [0.4, 0.5) is 5.69 Å². The number of rotatable bonds is 4. The second-order valence-corrected chi connectivity index (χ2v) is 7.76. The first kappa shape index (κ1) is 18.9. The number of hydrogen-bond donors (Lipinski definition) is 4. The lowest BCUT2D eigenvalue weighted by atomic mass is 9.82. The molecule has 0 aliphatic heterocycles. The number of carboxylic acids is 1. The van der Waals surface area contributed by atoms with E-state index in [1.807, 2.05) is 0 Å². The normalized spacial score (nSPS) is 19.7. The molecule has 4 N–H and O–H groups in total. The molecule has 0 bridgehead atoms. The maximum Gasteiger partial charge on any atom is 0.307 e. The van der Waals surface area contributed by atoms with Gasteiger partial charge in [0.25, 0.3) is 10.1 Å². The van der Waals surface area contributed by atoms with Gasteiger partial charge in [0.05, 0.1) is 16.7 Å². The molecule has 1 amide bonds. The van der Waals surface area contributed by atoms with Crippen molar-refractivity contribution < 1.29 is 32.8 Å². The molecule has 8 nitrogen and oxygen atoms in total. The first-order chi connectivity index (χ1) is 12.7. The molecule has 0 fully saturated rings. The van der Waals surface area contributed by atoms with Gasteiger partial charge in [0.15, 0.2) is 0 Å². The Bertz CT molecular complexity index is 1060. The van der Waals surface area contributed by atoms with E-state index in [1.54, 1.807) is 12.2 Å². The van der Waals surface area contributed by atoms with E-state index in [-0.39, 0.29) is 12.2 Å². The number of hydrogen-bond acceptors (Lipinski definition) is 5. The van der Waals surface area contributed by atoms with Crippen LogP contribution < -0.4 is 5.32 Å². The van der Waals surface area contributed by atoms with Crippen molar-refractivity contribution in [1.82, 2.24) is 0 Å². The van der Waals surface area contributed by atoms with Crippen molar-refractivity contribution >= 4 is 38.5 Å². The van der Waals surface area contributed by atoms with E-state index in [4.69, 9.17) is 4.55 Å². The number of allylic oxidation sites excluding steroid dienone is 2. The van der Waals surface area contributed by atoms with Crippen LogP contribution in [0.5, 0.6) is 5.75 Å². The van der Waals surface area contributed by atoms with Crippen LogP contribution in [0.1, 0.15) is 12.8 Å². The highest BCUT2D eigenvalue weighted by molar-refractivity contribution is 7.85. The van der Waals surface area contributed by atoms with Crippen LogP contribution in [-0.4, -0.2) is 35.1 Å². The summed E-state index contributed by atoms with van der Waals surface area (Å²) in [7, 11) is -4.51. The molecule has 0 aromatic heterocycles. The van der Waals surface area contributed by atoms with E-state index >= 15 is 0 Å². The molecule has 9 heteroatoms. The molecule has 0 unspecified atom stereocenters. The van der Waals surface area contributed by atoms with Gasteiger partial charge in [-0.2, -0.15) is 8.42 Å². The molecule has 2 aromatic carbocycles. The highest BCUT2D eigenvalue weighted by atomic mass is 32.2. The Morgan fingerprint density at radius 2 is 1.70 bits per heavy atom. The van der Waals surface area contributed by atoms with Gasteiger partial charge in [-0.3, -0.25) is 14.1 Å². The summed E-state index contributed by atoms with van der Waals surface area (Å²) < 4.78 is 31.8. The van der Waals surface area contributed by atoms with E-state index in [9.17, 15) is 28.2 Å². The fraction of sp³-hybridized carbons (Fsp3) is 0.222. The highest BCUT2D eigenvalue weighted by Crippen LogP contribution is 2.32. The van der Waals surface area contributed by atoms with Crippen molar-refractivity contribution in [2.45, 2.75) is 17.7 Å². The summed E-state index contributed by atoms with van der Waals surface area (Å²) in [6, 6.07) is 6.55. The molecule has 0 saturated heterocycles. The molecule has 2 atom stereocenters.